The Morgan fingerprint density at radius 1 is 1.21 bits per heavy atom. The lowest BCUT2D eigenvalue weighted by Crippen LogP contribution is -2.24. The molecule has 0 bridgehead atoms. The summed E-state index contributed by atoms with van der Waals surface area (Å²) >= 11 is 3.31. The molecule has 28 heavy (non-hydrogen) atoms. The van der Waals surface area contributed by atoms with Crippen LogP contribution < -0.4 is 14.8 Å². The van der Waals surface area contributed by atoms with E-state index in [9.17, 15) is 14.9 Å². The number of amides is 1. The van der Waals surface area contributed by atoms with Crippen LogP contribution in [0.4, 0.5) is 0 Å². The zero-order chi connectivity index (χ0) is 20.5. The topological polar surface area (TPSA) is 88.4 Å². The molecule has 142 valence electrons. The van der Waals surface area contributed by atoms with Crippen molar-refractivity contribution in [3.63, 3.8) is 0 Å². The average Bonchev–Trinajstić information content (AvgIpc) is 2.71. The number of halogens is 1. The molecule has 0 fully saturated rings. The summed E-state index contributed by atoms with van der Waals surface area (Å²) in [5, 5.41) is 11.7. The first-order valence-electron chi connectivity index (χ1n) is 8.15. The van der Waals surface area contributed by atoms with E-state index >= 15 is 0 Å². The van der Waals surface area contributed by atoms with Crippen LogP contribution >= 0.6 is 15.9 Å². The summed E-state index contributed by atoms with van der Waals surface area (Å²) < 4.78 is 11.5. The molecule has 0 aliphatic heterocycles. The van der Waals surface area contributed by atoms with Crippen LogP contribution in [0.5, 0.6) is 11.5 Å². The molecule has 0 saturated carbocycles. The highest BCUT2D eigenvalue weighted by Gasteiger charge is 2.14. The number of rotatable bonds is 7. The summed E-state index contributed by atoms with van der Waals surface area (Å²) in [7, 11) is 1.43. The third-order valence-corrected chi connectivity index (χ3v) is 4.08. The largest absolute Gasteiger partial charge is 0.493 e. The smallest absolute Gasteiger partial charge is 0.343 e. The lowest BCUT2D eigenvalue weighted by molar-refractivity contribution is -0.116. The lowest BCUT2D eigenvalue weighted by Gasteiger charge is -2.10. The van der Waals surface area contributed by atoms with Gasteiger partial charge in [-0.2, -0.15) is 5.26 Å². The van der Waals surface area contributed by atoms with E-state index < -0.39 is 11.9 Å². The Morgan fingerprint density at radius 2 is 1.93 bits per heavy atom. The molecule has 0 radical (unpaired) electrons. The quantitative estimate of drug-likeness (QED) is 0.232. The number of hydrogen-bond donors (Lipinski definition) is 1. The van der Waals surface area contributed by atoms with Crippen LogP contribution in [-0.4, -0.2) is 25.5 Å². The SMILES string of the molecule is C=CCNC(=O)C(C#N)=Cc1ccc(OC(=O)c2ccc(Br)cc2)c(OC)c1. The van der Waals surface area contributed by atoms with Crippen molar-refractivity contribution in [2.75, 3.05) is 13.7 Å². The van der Waals surface area contributed by atoms with Crippen LogP contribution in [0.25, 0.3) is 6.08 Å². The molecule has 1 N–H and O–H groups in total. The van der Waals surface area contributed by atoms with E-state index in [1.807, 2.05) is 6.07 Å². The number of nitriles is 1. The molecule has 2 aromatic carbocycles. The second kappa shape index (κ2) is 10.1. The number of hydrogen-bond acceptors (Lipinski definition) is 5. The fraction of sp³-hybridized carbons (Fsp3) is 0.0952. The number of benzene rings is 2. The maximum Gasteiger partial charge on any atom is 0.343 e. The Balaban J connectivity index is 2.23. The van der Waals surface area contributed by atoms with Crippen molar-refractivity contribution in [3.8, 4) is 17.6 Å². The monoisotopic (exact) mass is 440 g/mol. The zero-order valence-corrected chi connectivity index (χ0v) is 16.7. The molecule has 2 rings (SSSR count). The van der Waals surface area contributed by atoms with Gasteiger partial charge in [-0.3, -0.25) is 4.79 Å². The molecule has 1 amide bonds. The predicted molar refractivity (Wildman–Crippen MR) is 109 cm³/mol. The predicted octanol–water partition coefficient (Wildman–Crippen LogP) is 3.89. The van der Waals surface area contributed by atoms with Gasteiger partial charge in [0.05, 0.1) is 12.7 Å². The van der Waals surface area contributed by atoms with Gasteiger partial charge in [-0.15, -0.1) is 6.58 Å². The number of nitrogens with one attached hydrogen (secondary N) is 1. The molecule has 0 aliphatic rings. The van der Waals surface area contributed by atoms with Gasteiger partial charge in [-0.05, 0) is 48.0 Å². The normalized spacial score (nSPS) is 10.5. The van der Waals surface area contributed by atoms with E-state index in [1.165, 1.54) is 25.3 Å². The Bertz CT molecular complexity index is 959. The van der Waals surface area contributed by atoms with Crippen LogP contribution in [0.1, 0.15) is 15.9 Å². The minimum Gasteiger partial charge on any atom is -0.493 e. The molecule has 0 heterocycles. The third-order valence-electron chi connectivity index (χ3n) is 3.55. The first-order chi connectivity index (χ1) is 13.5. The molecule has 7 heteroatoms. The van der Waals surface area contributed by atoms with E-state index in [0.29, 0.717) is 16.9 Å². The summed E-state index contributed by atoms with van der Waals surface area (Å²) in [6, 6.07) is 13.3. The Kier molecular flexibility index (Phi) is 7.55. The van der Waals surface area contributed by atoms with E-state index in [4.69, 9.17) is 9.47 Å². The summed E-state index contributed by atoms with van der Waals surface area (Å²) in [6.07, 6.45) is 2.94. The summed E-state index contributed by atoms with van der Waals surface area (Å²) in [5.74, 6) is -0.520. The van der Waals surface area contributed by atoms with Gasteiger partial charge in [-0.25, -0.2) is 4.79 Å². The molecule has 6 nitrogen and oxygen atoms in total. The van der Waals surface area contributed by atoms with Gasteiger partial charge in [0.25, 0.3) is 5.91 Å². The molecule has 0 atom stereocenters. The maximum absolute atomic E-state index is 12.3. The van der Waals surface area contributed by atoms with Crippen molar-refractivity contribution in [2.45, 2.75) is 0 Å². The van der Waals surface area contributed by atoms with Crippen molar-refractivity contribution in [2.24, 2.45) is 0 Å². The molecular weight excluding hydrogens is 424 g/mol. The van der Waals surface area contributed by atoms with Crippen LogP contribution in [0, 0.1) is 11.3 Å². The van der Waals surface area contributed by atoms with E-state index in [1.54, 1.807) is 36.4 Å². The van der Waals surface area contributed by atoms with Crippen LogP contribution in [0.15, 0.2) is 65.2 Å². The van der Waals surface area contributed by atoms with E-state index in [-0.39, 0.29) is 17.9 Å². The molecule has 0 unspecified atom stereocenters. The van der Waals surface area contributed by atoms with Crippen molar-refractivity contribution < 1.29 is 19.1 Å². The van der Waals surface area contributed by atoms with Crippen molar-refractivity contribution in [1.82, 2.24) is 5.32 Å². The standard InChI is InChI=1S/C21H17BrN2O4/c1-3-10-24-20(25)16(13-23)11-14-4-9-18(19(12-14)27-2)28-21(26)15-5-7-17(22)8-6-15/h3-9,11-12H,1,10H2,2H3,(H,24,25). The molecule has 0 aromatic heterocycles. The fourth-order valence-electron chi connectivity index (χ4n) is 2.18. The van der Waals surface area contributed by atoms with Gasteiger partial charge in [0, 0.05) is 11.0 Å². The molecule has 0 saturated heterocycles. The zero-order valence-electron chi connectivity index (χ0n) is 15.1. The van der Waals surface area contributed by atoms with Crippen molar-refractivity contribution in [1.29, 1.82) is 5.26 Å². The van der Waals surface area contributed by atoms with Crippen LogP contribution in [0.2, 0.25) is 0 Å². The summed E-state index contributed by atoms with van der Waals surface area (Å²) in [6.45, 7) is 3.76. The summed E-state index contributed by atoms with van der Waals surface area (Å²) in [4.78, 5) is 24.2. The Hall–Kier alpha value is -3.37. The minimum atomic E-state index is -0.532. The number of ether oxygens (including phenoxy) is 2. The lowest BCUT2D eigenvalue weighted by atomic mass is 10.1. The molecule has 0 spiro atoms. The highest BCUT2D eigenvalue weighted by Crippen LogP contribution is 2.30. The first-order valence-corrected chi connectivity index (χ1v) is 8.94. The van der Waals surface area contributed by atoms with E-state index in [2.05, 4.69) is 27.8 Å². The highest BCUT2D eigenvalue weighted by atomic mass is 79.9. The second-order valence-corrected chi connectivity index (χ2v) is 6.39. The van der Waals surface area contributed by atoms with Crippen molar-refractivity contribution >= 4 is 33.9 Å². The highest BCUT2D eigenvalue weighted by molar-refractivity contribution is 9.10. The number of carbonyl (C=O) groups is 2. The third kappa shape index (κ3) is 5.56. The van der Waals surface area contributed by atoms with Gasteiger partial charge in [0.15, 0.2) is 11.5 Å². The molecule has 0 aliphatic carbocycles. The van der Waals surface area contributed by atoms with Gasteiger partial charge in [0.1, 0.15) is 11.6 Å². The number of methoxy groups -OCH3 is 1. The number of carbonyl (C=O) groups excluding carboxylic acids is 2. The number of esters is 1. The maximum atomic E-state index is 12.3. The first kappa shape index (κ1) is 20.9. The van der Waals surface area contributed by atoms with Gasteiger partial charge in [0.2, 0.25) is 0 Å². The second-order valence-electron chi connectivity index (χ2n) is 5.48. The van der Waals surface area contributed by atoms with Gasteiger partial charge < -0.3 is 14.8 Å². The van der Waals surface area contributed by atoms with Gasteiger partial charge >= 0.3 is 5.97 Å². The van der Waals surface area contributed by atoms with E-state index in [0.717, 1.165) is 4.47 Å². The van der Waals surface area contributed by atoms with Gasteiger partial charge in [-0.1, -0.05) is 28.1 Å². The molecule has 2 aromatic rings. The molecular formula is C21H17BrN2O4. The number of nitrogens with zero attached hydrogens (tertiary/aromatic N) is 1. The van der Waals surface area contributed by atoms with Crippen molar-refractivity contribution in [3.05, 3.63) is 76.3 Å². The average molecular weight is 441 g/mol. The summed E-state index contributed by atoms with van der Waals surface area (Å²) in [5.41, 5.74) is 0.869. The van der Waals surface area contributed by atoms with Crippen LogP contribution in [-0.2, 0) is 4.79 Å². The van der Waals surface area contributed by atoms with Crippen LogP contribution in [0.3, 0.4) is 0 Å². The minimum absolute atomic E-state index is 0.0662. The Morgan fingerprint density at radius 3 is 2.54 bits per heavy atom. The Labute approximate surface area is 171 Å². The fourth-order valence-corrected chi connectivity index (χ4v) is 2.44.